The van der Waals surface area contributed by atoms with E-state index in [1.807, 2.05) is 0 Å². The summed E-state index contributed by atoms with van der Waals surface area (Å²) in [4.78, 5) is 32.5. The Labute approximate surface area is 98.1 Å². The van der Waals surface area contributed by atoms with Gasteiger partial charge in [0.15, 0.2) is 6.34 Å². The second-order valence-corrected chi connectivity index (χ2v) is 3.69. The summed E-state index contributed by atoms with van der Waals surface area (Å²) in [5.41, 5.74) is 0.226. The van der Waals surface area contributed by atoms with Gasteiger partial charge in [0.25, 0.3) is 0 Å². The molecule has 0 unspecified atom stereocenters. The number of amides is 3. The minimum Gasteiger partial charge on any atom is -0.385 e. The first-order valence-corrected chi connectivity index (χ1v) is 5.23. The fraction of sp³-hybridized carbons (Fsp3) is 0.500. The summed E-state index contributed by atoms with van der Waals surface area (Å²) in [5.74, 6) is -0.0697. The monoisotopic (exact) mass is 237 g/mol. The van der Waals surface area contributed by atoms with E-state index in [2.05, 4.69) is 9.98 Å². The Morgan fingerprint density at radius 3 is 2.94 bits per heavy atom. The lowest BCUT2D eigenvalue weighted by Gasteiger charge is -2.18. The van der Waals surface area contributed by atoms with E-state index in [-0.39, 0.29) is 11.7 Å². The molecule has 2 rings (SSSR count). The molecule has 0 aromatic heterocycles. The molecule has 0 aromatic rings. The zero-order valence-electron chi connectivity index (χ0n) is 9.71. The standard InChI is InChI=1S/C10H13N4O3/c1-13-9(15)7-8(12-6-11-7)14(10(13)16)4-3-5-17-2/h6H,3-5H2,1-2H3/q+1. The van der Waals surface area contributed by atoms with Crippen molar-refractivity contribution in [3.63, 3.8) is 0 Å². The van der Waals surface area contributed by atoms with Crippen LogP contribution >= 0.6 is 0 Å². The number of carbonyl (C=O) groups is 2. The Morgan fingerprint density at radius 1 is 1.47 bits per heavy atom. The van der Waals surface area contributed by atoms with Crippen molar-refractivity contribution in [3.05, 3.63) is 0 Å². The SMILES string of the molecule is COCCC[N+]1=C2N=CN=C2C(=O)N(C)C1=O. The molecule has 17 heavy (non-hydrogen) atoms. The van der Waals surface area contributed by atoms with E-state index >= 15 is 0 Å². The molecule has 2 heterocycles. The third-order valence-electron chi connectivity index (χ3n) is 2.59. The number of hydrogen-bond acceptors (Lipinski definition) is 5. The van der Waals surface area contributed by atoms with Gasteiger partial charge in [-0.15, -0.1) is 0 Å². The van der Waals surface area contributed by atoms with E-state index in [0.29, 0.717) is 25.4 Å². The molecule has 0 saturated carbocycles. The second kappa shape index (κ2) is 4.54. The van der Waals surface area contributed by atoms with Crippen LogP contribution in [0.1, 0.15) is 6.42 Å². The first-order valence-electron chi connectivity index (χ1n) is 5.23. The van der Waals surface area contributed by atoms with Crippen molar-refractivity contribution in [2.24, 2.45) is 9.98 Å². The van der Waals surface area contributed by atoms with Gasteiger partial charge < -0.3 is 4.74 Å². The quantitative estimate of drug-likeness (QED) is 0.489. The van der Waals surface area contributed by atoms with Crippen LogP contribution in [-0.2, 0) is 9.53 Å². The summed E-state index contributed by atoms with van der Waals surface area (Å²) >= 11 is 0. The molecule has 0 atom stereocenters. The van der Waals surface area contributed by atoms with Crippen LogP contribution in [0, 0.1) is 0 Å². The summed E-state index contributed by atoms with van der Waals surface area (Å²) < 4.78 is 6.38. The van der Waals surface area contributed by atoms with E-state index in [1.165, 1.54) is 18.0 Å². The molecule has 0 radical (unpaired) electrons. The second-order valence-electron chi connectivity index (χ2n) is 3.69. The van der Waals surface area contributed by atoms with Gasteiger partial charge in [0, 0.05) is 20.1 Å². The van der Waals surface area contributed by atoms with Crippen LogP contribution in [0.15, 0.2) is 9.98 Å². The maximum atomic E-state index is 11.9. The summed E-state index contributed by atoms with van der Waals surface area (Å²) in [6.45, 7) is 1.00. The van der Waals surface area contributed by atoms with E-state index in [9.17, 15) is 9.59 Å². The highest BCUT2D eigenvalue weighted by molar-refractivity contribution is 6.69. The molecule has 0 saturated heterocycles. The first-order chi connectivity index (χ1) is 8.16. The fourth-order valence-corrected chi connectivity index (χ4v) is 1.69. The zero-order chi connectivity index (χ0) is 12.4. The molecule has 2 aliphatic heterocycles. The van der Waals surface area contributed by atoms with Crippen molar-refractivity contribution < 1.29 is 18.9 Å². The zero-order valence-corrected chi connectivity index (χ0v) is 9.71. The minimum atomic E-state index is -0.412. The number of rotatable bonds is 4. The number of imide groups is 1. The molecule has 0 aromatic carbocycles. The van der Waals surface area contributed by atoms with Crippen LogP contribution in [-0.4, -0.2) is 66.6 Å². The van der Waals surface area contributed by atoms with Crippen molar-refractivity contribution in [2.75, 3.05) is 27.3 Å². The molecule has 0 N–H and O–H groups in total. The Morgan fingerprint density at radius 2 is 2.24 bits per heavy atom. The average molecular weight is 237 g/mol. The highest BCUT2D eigenvalue weighted by Crippen LogP contribution is 2.08. The smallest absolute Gasteiger partial charge is 0.385 e. The molecule has 0 fully saturated rings. The van der Waals surface area contributed by atoms with Gasteiger partial charge in [-0.3, -0.25) is 0 Å². The van der Waals surface area contributed by atoms with Gasteiger partial charge in [-0.1, -0.05) is 4.99 Å². The van der Waals surface area contributed by atoms with E-state index < -0.39 is 5.91 Å². The van der Waals surface area contributed by atoms with Gasteiger partial charge in [-0.05, 0) is 0 Å². The van der Waals surface area contributed by atoms with Gasteiger partial charge in [0.2, 0.25) is 5.71 Å². The predicted molar refractivity (Wildman–Crippen MR) is 60.7 cm³/mol. The molecule has 3 amide bonds. The molecule has 0 bridgehead atoms. The molecule has 2 aliphatic rings. The van der Waals surface area contributed by atoms with E-state index in [4.69, 9.17) is 4.74 Å². The molecule has 90 valence electrons. The Hall–Kier alpha value is -1.89. The summed E-state index contributed by atoms with van der Waals surface area (Å²) in [7, 11) is 3.03. The van der Waals surface area contributed by atoms with Crippen molar-refractivity contribution in [1.29, 1.82) is 0 Å². The van der Waals surface area contributed by atoms with Crippen molar-refractivity contribution >= 4 is 29.8 Å². The number of aliphatic imine (C=N–C) groups is 2. The lowest BCUT2D eigenvalue weighted by molar-refractivity contribution is -0.436. The topological polar surface area (TPSA) is 74.3 Å². The summed E-state index contributed by atoms with van der Waals surface area (Å²) in [6, 6.07) is -0.376. The number of hydrogen-bond donors (Lipinski definition) is 0. The van der Waals surface area contributed by atoms with Crippen LogP contribution in [0.4, 0.5) is 4.79 Å². The molecular formula is C10H13N4O3+. The Kier molecular flexibility index (Phi) is 3.10. The number of amidine groups is 1. The molecular weight excluding hydrogens is 224 g/mol. The lowest BCUT2D eigenvalue weighted by Crippen LogP contribution is -2.52. The molecule has 7 heteroatoms. The number of nitrogens with zero attached hydrogens (tertiary/aromatic N) is 4. The van der Waals surface area contributed by atoms with Gasteiger partial charge in [0.1, 0.15) is 0 Å². The Bertz CT molecular complexity index is 464. The highest BCUT2D eigenvalue weighted by Gasteiger charge is 2.43. The van der Waals surface area contributed by atoms with Gasteiger partial charge in [-0.2, -0.15) is 9.48 Å². The molecule has 0 aliphatic carbocycles. The van der Waals surface area contributed by atoms with Gasteiger partial charge >= 0.3 is 17.8 Å². The maximum absolute atomic E-state index is 11.9. The van der Waals surface area contributed by atoms with Gasteiger partial charge in [-0.25, -0.2) is 14.6 Å². The first kappa shape index (κ1) is 11.6. The largest absolute Gasteiger partial charge is 0.446 e. The molecule has 7 nitrogen and oxygen atoms in total. The van der Waals surface area contributed by atoms with Gasteiger partial charge in [0.05, 0.1) is 13.6 Å². The average Bonchev–Trinajstić information content (AvgIpc) is 2.80. The van der Waals surface area contributed by atoms with Crippen molar-refractivity contribution in [1.82, 2.24) is 4.90 Å². The number of methoxy groups -OCH3 is 1. The third kappa shape index (κ3) is 1.89. The number of ether oxygens (including phenoxy) is 1. The van der Waals surface area contributed by atoms with Crippen LogP contribution in [0.3, 0.4) is 0 Å². The number of urea groups is 1. The predicted octanol–water partition coefficient (Wildman–Crippen LogP) is -0.491. The van der Waals surface area contributed by atoms with Crippen LogP contribution in [0.5, 0.6) is 0 Å². The van der Waals surface area contributed by atoms with Crippen molar-refractivity contribution in [2.45, 2.75) is 6.42 Å². The number of carbonyl (C=O) groups excluding carboxylic acids is 2. The minimum absolute atomic E-state index is 0.226. The summed E-state index contributed by atoms with van der Waals surface area (Å²) in [5, 5.41) is 0. The number of fused-ring (bicyclic) bond motifs is 1. The summed E-state index contributed by atoms with van der Waals surface area (Å²) in [6.07, 6.45) is 1.97. The fourth-order valence-electron chi connectivity index (χ4n) is 1.69. The third-order valence-corrected chi connectivity index (χ3v) is 2.59. The normalized spacial score (nSPS) is 18.9. The van der Waals surface area contributed by atoms with Crippen LogP contribution in [0.2, 0.25) is 0 Å². The molecule has 0 spiro atoms. The van der Waals surface area contributed by atoms with Crippen molar-refractivity contribution in [3.8, 4) is 0 Å². The lowest BCUT2D eigenvalue weighted by atomic mass is 10.2. The highest BCUT2D eigenvalue weighted by atomic mass is 16.5. The van der Waals surface area contributed by atoms with E-state index in [1.54, 1.807) is 7.11 Å². The van der Waals surface area contributed by atoms with Crippen LogP contribution < -0.4 is 0 Å². The van der Waals surface area contributed by atoms with Crippen LogP contribution in [0.25, 0.3) is 0 Å². The Balaban J connectivity index is 2.29. The van der Waals surface area contributed by atoms with E-state index in [0.717, 1.165) is 4.90 Å². The maximum Gasteiger partial charge on any atom is 0.446 e.